The maximum absolute atomic E-state index is 14.4. The van der Waals surface area contributed by atoms with Gasteiger partial charge in [-0.15, -0.1) is 12.8 Å². The predicted octanol–water partition coefficient (Wildman–Crippen LogP) is 29.1. The monoisotopic (exact) mass is 1450 g/mol. The lowest BCUT2D eigenvalue weighted by Gasteiger charge is -2.19. The van der Waals surface area contributed by atoms with Gasteiger partial charge < -0.3 is 37.9 Å². The van der Waals surface area contributed by atoms with Crippen LogP contribution in [0.3, 0.4) is 0 Å². The molecule has 10 nitrogen and oxygen atoms in total. The second-order valence-electron chi connectivity index (χ2n) is 30.2. The van der Waals surface area contributed by atoms with E-state index in [-0.39, 0.29) is 35.5 Å². The maximum atomic E-state index is 14.4. The summed E-state index contributed by atoms with van der Waals surface area (Å²) in [6.45, 7) is 15.9. The molecule has 10 heteroatoms. The average molecular weight is 1450 g/mol. The van der Waals surface area contributed by atoms with Crippen LogP contribution >= 0.6 is 0 Å². The van der Waals surface area contributed by atoms with Crippen LogP contribution in [0.2, 0.25) is 0 Å². The number of esters is 2. The normalized spacial score (nSPS) is 11.5. The highest BCUT2D eigenvalue weighted by atomic mass is 16.6. The highest BCUT2D eigenvalue weighted by molar-refractivity contribution is 5.92. The lowest BCUT2D eigenvalue weighted by Crippen LogP contribution is -2.14. The molecule has 0 N–H and O–H groups in total. The smallest absolute Gasteiger partial charge is 0.338 e. The van der Waals surface area contributed by atoms with E-state index in [1.807, 2.05) is 0 Å². The number of carbonyl (C=O) groups is 2. The minimum absolute atomic E-state index is 0.219. The Hall–Kier alpha value is -4.96. The fourth-order valence-electron chi connectivity index (χ4n) is 13.6. The minimum Gasteiger partial charge on any atom is -0.490 e. The number of carbonyl (C=O) groups excluding carboxylic acids is 2. The zero-order valence-electron chi connectivity index (χ0n) is 68.6. The molecule has 0 aliphatic rings. The van der Waals surface area contributed by atoms with Crippen molar-refractivity contribution in [2.45, 2.75) is 427 Å². The van der Waals surface area contributed by atoms with Crippen LogP contribution in [0.25, 0.3) is 0 Å². The standard InChI is InChI=1S/C94H160O10/c1-9-17-23-29-35-41-47-53-59-65-71-97-87-77-85(78-88(98-72-66-60-54-48-42-36-30-24-18-10-2)91(87)101-75-69-63-57-51-45-39-33-27-21-13-5)93(95)103-81-83(15-7)84(16-8)82-104-94(96)86-79-89(99-73-67-61-55-49-43-37-31-25-19-11-3)92(102-76-70-64-58-52-46-40-34-28-22-14-6)90(80-86)100-74-68-62-56-50-44-38-32-26-20-12-4/h7-8,77-80H,9-14,17-76,81-82H2,1-6H3/b84-83+. The van der Waals surface area contributed by atoms with Gasteiger partial charge in [0.1, 0.15) is 13.2 Å². The van der Waals surface area contributed by atoms with Gasteiger partial charge in [0.05, 0.1) is 61.9 Å². The Balaban J connectivity index is 2.46. The summed E-state index contributed by atoms with van der Waals surface area (Å²) < 4.78 is 51.8. The highest BCUT2D eigenvalue weighted by Crippen LogP contribution is 2.42. The number of hydrogen-bond acceptors (Lipinski definition) is 10. The van der Waals surface area contributed by atoms with Gasteiger partial charge in [-0.05, 0) is 62.8 Å². The van der Waals surface area contributed by atoms with Gasteiger partial charge in [-0.25, -0.2) is 9.59 Å². The van der Waals surface area contributed by atoms with E-state index in [0.717, 1.165) is 103 Å². The third-order valence-corrected chi connectivity index (χ3v) is 20.4. The van der Waals surface area contributed by atoms with Crippen molar-refractivity contribution < 1.29 is 47.5 Å². The molecule has 104 heavy (non-hydrogen) atoms. The van der Waals surface area contributed by atoms with Gasteiger partial charge in [0.25, 0.3) is 0 Å². The van der Waals surface area contributed by atoms with E-state index in [1.54, 1.807) is 24.3 Å². The van der Waals surface area contributed by atoms with Crippen LogP contribution in [0.5, 0.6) is 34.5 Å². The van der Waals surface area contributed by atoms with E-state index in [2.05, 4.69) is 53.4 Å². The number of benzene rings is 2. The Labute approximate surface area is 641 Å². The third kappa shape index (κ3) is 52.1. The predicted molar refractivity (Wildman–Crippen MR) is 442 cm³/mol. The summed E-state index contributed by atoms with van der Waals surface area (Å²) in [5, 5.41) is 0. The number of hydrogen-bond donors (Lipinski definition) is 0. The van der Waals surface area contributed by atoms with Crippen molar-refractivity contribution >= 4 is 11.9 Å². The van der Waals surface area contributed by atoms with Crippen molar-refractivity contribution in [2.75, 3.05) is 52.9 Å². The van der Waals surface area contributed by atoms with E-state index >= 15 is 0 Å². The third-order valence-electron chi connectivity index (χ3n) is 20.4. The SMILES string of the molecule is C#C/C(COC(=O)c1cc(OCCCCCCCCCCCC)c(OCCCCCCCCCCCC)c(OCCCCCCCCCCCC)c1)=C(/C#C)COC(=O)c1cc(OCCCCCCCCCCCC)c(OCCCCCCCCCCCC)c(OCCCCCCCCCCCC)c1. The van der Waals surface area contributed by atoms with Crippen LogP contribution in [0.15, 0.2) is 35.4 Å². The Bertz CT molecular complexity index is 2170. The Morgan fingerprint density at radius 2 is 0.394 bits per heavy atom. The summed E-state index contributed by atoms with van der Waals surface area (Å²) in [5.41, 5.74) is 0.949. The summed E-state index contributed by atoms with van der Waals surface area (Å²) in [6, 6.07) is 6.90. The van der Waals surface area contributed by atoms with E-state index in [0.29, 0.717) is 74.1 Å². The molecule has 0 amide bonds. The number of unbranched alkanes of at least 4 members (excludes halogenated alkanes) is 54. The van der Waals surface area contributed by atoms with Crippen LogP contribution in [0, 0.1) is 24.7 Å². The summed E-state index contributed by atoms with van der Waals surface area (Å²) in [6.07, 6.45) is 85.5. The maximum Gasteiger partial charge on any atom is 0.338 e. The second kappa shape index (κ2) is 72.3. The first kappa shape index (κ1) is 95.1. The van der Waals surface area contributed by atoms with Gasteiger partial charge in [-0.2, -0.15) is 0 Å². The van der Waals surface area contributed by atoms with Gasteiger partial charge in [-0.3, -0.25) is 0 Å². The quantitative estimate of drug-likeness (QED) is 0.0361. The largest absolute Gasteiger partial charge is 0.490 e. The molecule has 0 aliphatic carbocycles. The van der Waals surface area contributed by atoms with Crippen molar-refractivity contribution in [1.29, 1.82) is 0 Å². The van der Waals surface area contributed by atoms with Crippen LogP contribution in [0.4, 0.5) is 0 Å². The molecule has 0 aliphatic heterocycles. The first-order valence-electron chi connectivity index (χ1n) is 44.4. The molecular weight excluding hydrogens is 1290 g/mol. The van der Waals surface area contributed by atoms with Crippen molar-refractivity contribution in [3.8, 4) is 59.2 Å². The molecule has 0 spiro atoms. The molecule has 0 atom stereocenters. The Morgan fingerprint density at radius 1 is 0.240 bits per heavy atom. The Morgan fingerprint density at radius 3 is 0.558 bits per heavy atom. The van der Waals surface area contributed by atoms with Crippen LogP contribution in [0.1, 0.15) is 448 Å². The molecule has 596 valence electrons. The second-order valence-corrected chi connectivity index (χ2v) is 30.2. The highest BCUT2D eigenvalue weighted by Gasteiger charge is 2.24. The van der Waals surface area contributed by atoms with Gasteiger partial charge in [0.2, 0.25) is 11.5 Å². The van der Waals surface area contributed by atoms with Crippen LogP contribution in [-0.2, 0) is 9.47 Å². The topological polar surface area (TPSA) is 108 Å². The van der Waals surface area contributed by atoms with E-state index in [4.69, 9.17) is 50.7 Å². The molecule has 0 fully saturated rings. The molecule has 0 saturated heterocycles. The van der Waals surface area contributed by atoms with Gasteiger partial charge in [0.15, 0.2) is 23.0 Å². The van der Waals surface area contributed by atoms with Gasteiger partial charge >= 0.3 is 11.9 Å². The van der Waals surface area contributed by atoms with E-state index in [9.17, 15) is 9.59 Å². The molecule has 2 aromatic rings. The fourth-order valence-corrected chi connectivity index (χ4v) is 13.6. The summed E-state index contributed by atoms with van der Waals surface area (Å²) >= 11 is 0. The average Bonchev–Trinajstić information content (AvgIpc) is 0.822. The number of ether oxygens (including phenoxy) is 8. The van der Waals surface area contributed by atoms with Crippen molar-refractivity contribution in [3.05, 3.63) is 46.5 Å². The number of rotatable bonds is 78. The minimum atomic E-state index is -0.619. The molecule has 2 rings (SSSR count). The van der Waals surface area contributed by atoms with Crippen LogP contribution in [-0.4, -0.2) is 64.8 Å². The molecule has 0 bridgehead atoms. The lowest BCUT2D eigenvalue weighted by molar-refractivity contribution is 0.0517. The first-order chi connectivity index (χ1) is 51.3. The lowest BCUT2D eigenvalue weighted by atomic mass is 10.1. The molecule has 0 radical (unpaired) electrons. The van der Waals surface area contributed by atoms with Gasteiger partial charge in [-0.1, -0.05) is 400 Å². The fraction of sp³-hybridized carbons (Fsp3) is 0.787. The zero-order chi connectivity index (χ0) is 74.9. The summed E-state index contributed by atoms with van der Waals surface area (Å²) in [4.78, 5) is 28.9. The van der Waals surface area contributed by atoms with Gasteiger partial charge in [0, 0.05) is 0 Å². The van der Waals surface area contributed by atoms with Crippen molar-refractivity contribution in [1.82, 2.24) is 0 Å². The zero-order valence-corrected chi connectivity index (χ0v) is 68.6. The van der Waals surface area contributed by atoms with E-state index < -0.39 is 11.9 Å². The molecule has 0 unspecified atom stereocenters. The number of terminal acetylenes is 2. The Kier molecular flexibility index (Phi) is 66.1. The van der Waals surface area contributed by atoms with Crippen molar-refractivity contribution in [3.63, 3.8) is 0 Å². The molecule has 0 aromatic heterocycles. The van der Waals surface area contributed by atoms with E-state index in [1.165, 1.54) is 283 Å². The van der Waals surface area contributed by atoms with Crippen molar-refractivity contribution in [2.24, 2.45) is 0 Å². The summed E-state index contributed by atoms with van der Waals surface area (Å²) in [5.74, 6) is 7.03. The molecule has 2 aromatic carbocycles. The molecule has 0 heterocycles. The molecule has 0 saturated carbocycles. The molecular formula is C94H160O10. The first-order valence-corrected chi connectivity index (χ1v) is 44.4. The summed E-state index contributed by atoms with van der Waals surface area (Å²) in [7, 11) is 0. The van der Waals surface area contributed by atoms with Crippen LogP contribution < -0.4 is 28.4 Å².